The van der Waals surface area contributed by atoms with Gasteiger partial charge in [0.05, 0.1) is 18.1 Å². The maximum absolute atomic E-state index is 4.35. The Balaban J connectivity index is 1.68. The van der Waals surface area contributed by atoms with Crippen LogP contribution in [0.1, 0.15) is 17.2 Å². The molecule has 0 aliphatic heterocycles. The molecule has 0 amide bonds. The Hall–Kier alpha value is -3.14. The molecule has 4 rings (SSSR count). The Morgan fingerprint density at radius 1 is 0.880 bits per heavy atom. The van der Waals surface area contributed by atoms with Gasteiger partial charge >= 0.3 is 0 Å². The third-order valence-electron chi connectivity index (χ3n) is 4.37. The van der Waals surface area contributed by atoms with Crippen molar-refractivity contribution in [3.05, 3.63) is 90.0 Å². The normalized spacial score (nSPS) is 12.2. The lowest BCUT2D eigenvalue weighted by Crippen LogP contribution is -2.18. The average Bonchev–Trinajstić information content (AvgIpc) is 3.06. The Labute approximate surface area is 147 Å². The third kappa shape index (κ3) is 3.38. The lowest BCUT2D eigenvalue weighted by atomic mass is 10.0. The zero-order valence-electron chi connectivity index (χ0n) is 14.1. The molecule has 0 saturated carbocycles. The first-order valence-electron chi connectivity index (χ1n) is 8.46. The van der Waals surface area contributed by atoms with E-state index >= 15 is 0 Å². The van der Waals surface area contributed by atoms with Crippen molar-refractivity contribution in [2.24, 2.45) is 0 Å². The highest BCUT2D eigenvalue weighted by Gasteiger charge is 2.15. The van der Waals surface area contributed by atoms with E-state index in [1.807, 2.05) is 41.1 Å². The minimum atomic E-state index is 0.105. The van der Waals surface area contributed by atoms with Crippen molar-refractivity contribution in [2.75, 3.05) is 5.32 Å². The molecule has 3 aromatic carbocycles. The first kappa shape index (κ1) is 15.4. The molecule has 124 valence electrons. The monoisotopic (exact) mass is 328 g/mol. The summed E-state index contributed by atoms with van der Waals surface area (Å²) in [6.45, 7) is 2.81. The Kier molecular flexibility index (Phi) is 4.17. The van der Waals surface area contributed by atoms with Crippen molar-refractivity contribution in [3.63, 3.8) is 0 Å². The lowest BCUT2D eigenvalue weighted by Gasteiger charge is -2.21. The molecule has 1 aromatic heterocycles. The highest BCUT2D eigenvalue weighted by Crippen LogP contribution is 2.23. The SMILES string of the molecule is Cc1ccc(C(Cn2nnc3ccccc32)Nc2ccccc2)cc1. The van der Waals surface area contributed by atoms with Crippen molar-refractivity contribution in [2.45, 2.75) is 19.5 Å². The Morgan fingerprint density at radius 3 is 2.40 bits per heavy atom. The number of aryl methyl sites for hydroxylation is 1. The molecule has 1 atom stereocenters. The number of nitrogens with zero attached hydrogens (tertiary/aromatic N) is 3. The molecule has 0 aliphatic rings. The molecule has 25 heavy (non-hydrogen) atoms. The second-order valence-electron chi connectivity index (χ2n) is 6.23. The van der Waals surface area contributed by atoms with Gasteiger partial charge in [-0.3, -0.25) is 0 Å². The summed E-state index contributed by atoms with van der Waals surface area (Å²) in [6.07, 6.45) is 0. The van der Waals surface area contributed by atoms with Crippen molar-refractivity contribution >= 4 is 16.7 Å². The summed E-state index contributed by atoms with van der Waals surface area (Å²) in [5.74, 6) is 0. The first-order chi connectivity index (χ1) is 12.3. The molecule has 0 aliphatic carbocycles. The molecule has 1 unspecified atom stereocenters. The molecule has 1 heterocycles. The highest BCUT2D eigenvalue weighted by atomic mass is 15.4. The van der Waals surface area contributed by atoms with Crippen LogP contribution in [-0.4, -0.2) is 15.0 Å². The summed E-state index contributed by atoms with van der Waals surface area (Å²) in [5.41, 5.74) is 5.55. The zero-order valence-corrected chi connectivity index (χ0v) is 14.1. The lowest BCUT2D eigenvalue weighted by molar-refractivity contribution is 0.548. The van der Waals surface area contributed by atoms with E-state index in [1.54, 1.807) is 0 Å². The fraction of sp³-hybridized carbons (Fsp3) is 0.143. The number of rotatable bonds is 5. The molecule has 0 fully saturated rings. The van der Waals surface area contributed by atoms with E-state index in [2.05, 4.69) is 65.0 Å². The molecule has 0 bridgehead atoms. The van der Waals surface area contributed by atoms with Crippen molar-refractivity contribution in [1.82, 2.24) is 15.0 Å². The van der Waals surface area contributed by atoms with Crippen molar-refractivity contribution in [3.8, 4) is 0 Å². The van der Waals surface area contributed by atoms with E-state index in [0.29, 0.717) is 6.54 Å². The van der Waals surface area contributed by atoms with Gasteiger partial charge in [-0.15, -0.1) is 5.10 Å². The fourth-order valence-electron chi connectivity index (χ4n) is 2.99. The highest BCUT2D eigenvalue weighted by molar-refractivity contribution is 5.73. The van der Waals surface area contributed by atoms with Gasteiger partial charge in [0, 0.05) is 5.69 Å². The van der Waals surface area contributed by atoms with Gasteiger partial charge in [-0.2, -0.15) is 0 Å². The molecular formula is C21H20N4. The van der Waals surface area contributed by atoms with Gasteiger partial charge in [0.25, 0.3) is 0 Å². The minimum Gasteiger partial charge on any atom is -0.376 e. The quantitative estimate of drug-likeness (QED) is 0.582. The number of aromatic nitrogens is 3. The summed E-state index contributed by atoms with van der Waals surface area (Å²) >= 11 is 0. The third-order valence-corrected chi connectivity index (χ3v) is 4.37. The van der Waals surface area contributed by atoms with Gasteiger partial charge < -0.3 is 5.32 Å². The van der Waals surface area contributed by atoms with E-state index in [4.69, 9.17) is 0 Å². The number of benzene rings is 3. The van der Waals surface area contributed by atoms with E-state index < -0.39 is 0 Å². The summed E-state index contributed by atoms with van der Waals surface area (Å²) in [4.78, 5) is 0. The first-order valence-corrected chi connectivity index (χ1v) is 8.46. The number of para-hydroxylation sites is 2. The fourth-order valence-corrected chi connectivity index (χ4v) is 2.99. The summed E-state index contributed by atoms with van der Waals surface area (Å²) in [5, 5.41) is 12.2. The number of nitrogens with one attached hydrogen (secondary N) is 1. The molecule has 4 nitrogen and oxygen atoms in total. The molecule has 0 spiro atoms. The van der Waals surface area contributed by atoms with Crippen molar-refractivity contribution < 1.29 is 0 Å². The van der Waals surface area contributed by atoms with Crippen LogP contribution in [0.4, 0.5) is 5.69 Å². The van der Waals surface area contributed by atoms with Gasteiger partial charge in [-0.1, -0.05) is 65.4 Å². The summed E-state index contributed by atoms with van der Waals surface area (Å²) in [6, 6.07) is 27.1. The molecular weight excluding hydrogens is 308 g/mol. The van der Waals surface area contributed by atoms with E-state index in [9.17, 15) is 0 Å². The summed E-state index contributed by atoms with van der Waals surface area (Å²) < 4.78 is 1.97. The number of hydrogen-bond acceptors (Lipinski definition) is 3. The van der Waals surface area contributed by atoms with Gasteiger partial charge in [-0.25, -0.2) is 4.68 Å². The molecule has 0 saturated heterocycles. The Morgan fingerprint density at radius 2 is 1.60 bits per heavy atom. The van der Waals surface area contributed by atoms with Crippen LogP contribution in [0.25, 0.3) is 11.0 Å². The van der Waals surface area contributed by atoms with Crippen LogP contribution in [0, 0.1) is 6.92 Å². The molecule has 1 N–H and O–H groups in total. The van der Waals surface area contributed by atoms with Gasteiger partial charge in [-0.05, 0) is 36.8 Å². The van der Waals surface area contributed by atoms with Crippen LogP contribution in [0.15, 0.2) is 78.9 Å². The van der Waals surface area contributed by atoms with E-state index in [1.165, 1.54) is 11.1 Å². The van der Waals surface area contributed by atoms with E-state index in [0.717, 1.165) is 16.7 Å². The standard InChI is InChI=1S/C21H20N4/c1-16-11-13-17(14-12-16)20(22-18-7-3-2-4-8-18)15-25-21-10-6-5-9-19(21)23-24-25/h2-14,20,22H,15H2,1H3. The Bertz CT molecular complexity index is 958. The predicted octanol–water partition coefficient (Wildman–Crippen LogP) is 4.59. The van der Waals surface area contributed by atoms with Crippen LogP contribution in [0.3, 0.4) is 0 Å². The minimum absolute atomic E-state index is 0.105. The van der Waals surface area contributed by atoms with E-state index in [-0.39, 0.29) is 6.04 Å². The molecule has 0 radical (unpaired) electrons. The zero-order chi connectivity index (χ0) is 17.1. The largest absolute Gasteiger partial charge is 0.376 e. The average molecular weight is 328 g/mol. The molecule has 4 heteroatoms. The van der Waals surface area contributed by atoms with Crippen LogP contribution in [0.5, 0.6) is 0 Å². The second kappa shape index (κ2) is 6.77. The smallest absolute Gasteiger partial charge is 0.113 e. The maximum atomic E-state index is 4.35. The predicted molar refractivity (Wildman–Crippen MR) is 102 cm³/mol. The van der Waals surface area contributed by atoms with Crippen LogP contribution in [-0.2, 0) is 6.54 Å². The van der Waals surface area contributed by atoms with Crippen LogP contribution < -0.4 is 5.32 Å². The van der Waals surface area contributed by atoms with Crippen molar-refractivity contribution in [1.29, 1.82) is 0 Å². The van der Waals surface area contributed by atoms with Crippen LogP contribution >= 0.6 is 0 Å². The second-order valence-corrected chi connectivity index (χ2v) is 6.23. The van der Waals surface area contributed by atoms with Crippen LogP contribution in [0.2, 0.25) is 0 Å². The number of hydrogen-bond donors (Lipinski definition) is 1. The molecule has 4 aromatic rings. The van der Waals surface area contributed by atoms with Gasteiger partial charge in [0.2, 0.25) is 0 Å². The maximum Gasteiger partial charge on any atom is 0.113 e. The topological polar surface area (TPSA) is 42.7 Å². The van der Waals surface area contributed by atoms with Gasteiger partial charge in [0.1, 0.15) is 5.52 Å². The number of fused-ring (bicyclic) bond motifs is 1. The number of anilines is 1. The van der Waals surface area contributed by atoms with Gasteiger partial charge in [0.15, 0.2) is 0 Å². The summed E-state index contributed by atoms with van der Waals surface area (Å²) in [7, 11) is 0.